The number of esters is 1. The van der Waals surface area contributed by atoms with Gasteiger partial charge in [0.05, 0.1) is 23.3 Å². The van der Waals surface area contributed by atoms with Crippen LogP contribution in [0.3, 0.4) is 0 Å². The van der Waals surface area contributed by atoms with Crippen molar-refractivity contribution in [1.82, 2.24) is 0 Å². The summed E-state index contributed by atoms with van der Waals surface area (Å²) in [5, 5.41) is 3.85. The van der Waals surface area contributed by atoms with E-state index in [0.717, 1.165) is 10.4 Å². The van der Waals surface area contributed by atoms with Crippen molar-refractivity contribution < 1.29 is 14.3 Å². The molecule has 0 atom stereocenters. The second kappa shape index (κ2) is 6.69. The molecule has 4 nitrogen and oxygen atoms in total. The summed E-state index contributed by atoms with van der Waals surface area (Å²) in [7, 11) is 1.30. The quantitative estimate of drug-likeness (QED) is 0.809. The molecule has 0 aliphatic carbocycles. The molecule has 22 heavy (non-hydrogen) atoms. The fourth-order valence-electron chi connectivity index (χ4n) is 1.91. The van der Waals surface area contributed by atoms with Gasteiger partial charge >= 0.3 is 5.97 Å². The third-order valence-electron chi connectivity index (χ3n) is 3.18. The molecule has 1 amide bonds. The number of hydrogen-bond donors (Lipinski definition) is 1. The Balaban J connectivity index is 2.36. The normalized spacial score (nSPS) is 10.4. The number of carbonyl (C=O) groups excluding carboxylic acids is 2. The number of hydrogen-bond acceptors (Lipinski definition) is 4. The number of nitrogens with one attached hydrogen (secondary N) is 1. The Morgan fingerprint density at radius 2 is 1.91 bits per heavy atom. The Morgan fingerprint density at radius 1 is 1.23 bits per heavy atom. The van der Waals surface area contributed by atoms with Gasteiger partial charge in [0.25, 0.3) is 5.91 Å². The lowest BCUT2D eigenvalue weighted by atomic mass is 10.1. The van der Waals surface area contributed by atoms with E-state index in [1.807, 2.05) is 13.8 Å². The number of rotatable bonds is 3. The van der Waals surface area contributed by atoms with Crippen LogP contribution in [-0.4, -0.2) is 19.0 Å². The first kappa shape index (κ1) is 16.8. The summed E-state index contributed by atoms with van der Waals surface area (Å²) in [4.78, 5) is 25.2. The largest absolute Gasteiger partial charge is 0.465 e. The standard InChI is InChI=1S/C15H13Cl2NO3S/c1-7-8(2)22-14(12(7)15(20)21-3)18-13(19)10-5-4-9(16)6-11(10)17/h4-6H,1-3H3,(H,18,19). The number of benzene rings is 1. The molecule has 1 heterocycles. The van der Waals surface area contributed by atoms with Gasteiger partial charge in [-0.15, -0.1) is 11.3 Å². The number of anilines is 1. The number of halogens is 2. The molecule has 2 rings (SSSR count). The van der Waals surface area contributed by atoms with E-state index in [1.165, 1.54) is 30.6 Å². The molecule has 1 aromatic heterocycles. The van der Waals surface area contributed by atoms with Gasteiger partial charge in [0, 0.05) is 9.90 Å². The van der Waals surface area contributed by atoms with Crippen molar-refractivity contribution in [2.75, 3.05) is 12.4 Å². The zero-order chi connectivity index (χ0) is 16.4. The fourth-order valence-corrected chi connectivity index (χ4v) is 3.44. The molecule has 0 aliphatic heterocycles. The highest BCUT2D eigenvalue weighted by Gasteiger charge is 2.22. The zero-order valence-electron chi connectivity index (χ0n) is 12.1. The average molecular weight is 358 g/mol. The first-order valence-electron chi connectivity index (χ1n) is 6.29. The molecule has 0 radical (unpaired) electrons. The Hall–Kier alpha value is -1.56. The summed E-state index contributed by atoms with van der Waals surface area (Å²) in [6, 6.07) is 4.60. The summed E-state index contributed by atoms with van der Waals surface area (Å²) in [6.07, 6.45) is 0. The van der Waals surface area contributed by atoms with Crippen LogP contribution in [0.5, 0.6) is 0 Å². The summed E-state index contributed by atoms with van der Waals surface area (Å²) in [5.74, 6) is -0.896. The van der Waals surface area contributed by atoms with E-state index in [9.17, 15) is 9.59 Å². The van der Waals surface area contributed by atoms with Crippen LogP contribution >= 0.6 is 34.5 Å². The number of carbonyl (C=O) groups is 2. The molecule has 7 heteroatoms. The molecular formula is C15H13Cl2NO3S. The monoisotopic (exact) mass is 357 g/mol. The molecule has 2 aromatic rings. The van der Waals surface area contributed by atoms with E-state index in [-0.39, 0.29) is 10.6 Å². The number of aryl methyl sites for hydroxylation is 1. The van der Waals surface area contributed by atoms with Gasteiger partial charge in [-0.05, 0) is 37.6 Å². The predicted molar refractivity (Wildman–Crippen MR) is 89.5 cm³/mol. The summed E-state index contributed by atoms with van der Waals surface area (Å²) in [5.41, 5.74) is 1.43. The Morgan fingerprint density at radius 3 is 2.50 bits per heavy atom. The molecule has 0 bridgehead atoms. The number of amides is 1. The minimum atomic E-state index is -0.487. The zero-order valence-corrected chi connectivity index (χ0v) is 14.4. The molecule has 0 spiro atoms. The van der Waals surface area contributed by atoms with Crippen LogP contribution in [0.25, 0.3) is 0 Å². The van der Waals surface area contributed by atoms with Gasteiger partial charge in [-0.1, -0.05) is 23.2 Å². The van der Waals surface area contributed by atoms with E-state index in [4.69, 9.17) is 27.9 Å². The van der Waals surface area contributed by atoms with Crippen molar-refractivity contribution in [1.29, 1.82) is 0 Å². The van der Waals surface area contributed by atoms with Crippen LogP contribution in [0.2, 0.25) is 10.0 Å². The number of ether oxygens (including phenoxy) is 1. The van der Waals surface area contributed by atoms with Crippen molar-refractivity contribution in [3.63, 3.8) is 0 Å². The maximum Gasteiger partial charge on any atom is 0.341 e. The highest BCUT2D eigenvalue weighted by molar-refractivity contribution is 7.16. The van der Waals surface area contributed by atoms with Crippen molar-refractivity contribution in [2.24, 2.45) is 0 Å². The van der Waals surface area contributed by atoms with Crippen LogP contribution in [0.4, 0.5) is 5.00 Å². The van der Waals surface area contributed by atoms with E-state index >= 15 is 0 Å². The van der Waals surface area contributed by atoms with E-state index in [2.05, 4.69) is 5.32 Å². The van der Waals surface area contributed by atoms with Crippen molar-refractivity contribution >= 4 is 51.4 Å². The highest BCUT2D eigenvalue weighted by atomic mass is 35.5. The number of methoxy groups -OCH3 is 1. The minimum Gasteiger partial charge on any atom is -0.465 e. The maximum atomic E-state index is 12.3. The van der Waals surface area contributed by atoms with Gasteiger partial charge in [0.2, 0.25) is 0 Å². The average Bonchev–Trinajstić information content (AvgIpc) is 2.72. The SMILES string of the molecule is COC(=O)c1c(NC(=O)c2ccc(Cl)cc2Cl)sc(C)c1C. The van der Waals surface area contributed by atoms with Gasteiger partial charge in [-0.2, -0.15) is 0 Å². The van der Waals surface area contributed by atoms with E-state index in [1.54, 1.807) is 6.07 Å². The third kappa shape index (κ3) is 3.27. The van der Waals surface area contributed by atoms with Crippen LogP contribution in [-0.2, 0) is 4.74 Å². The van der Waals surface area contributed by atoms with Gasteiger partial charge in [0.15, 0.2) is 0 Å². The summed E-state index contributed by atoms with van der Waals surface area (Å²) in [6.45, 7) is 3.68. The highest BCUT2D eigenvalue weighted by Crippen LogP contribution is 2.33. The molecule has 116 valence electrons. The second-order valence-electron chi connectivity index (χ2n) is 4.56. The molecule has 0 saturated heterocycles. The lowest BCUT2D eigenvalue weighted by molar-refractivity contribution is 0.0601. The topological polar surface area (TPSA) is 55.4 Å². The van der Waals surface area contributed by atoms with Crippen LogP contribution in [0, 0.1) is 13.8 Å². The van der Waals surface area contributed by atoms with Gasteiger partial charge in [-0.25, -0.2) is 4.79 Å². The molecular weight excluding hydrogens is 345 g/mol. The van der Waals surface area contributed by atoms with Gasteiger partial charge in [0.1, 0.15) is 5.00 Å². The van der Waals surface area contributed by atoms with Crippen LogP contribution < -0.4 is 5.32 Å². The molecule has 1 N–H and O–H groups in total. The first-order chi connectivity index (χ1) is 10.3. The molecule has 1 aromatic carbocycles. The lowest BCUT2D eigenvalue weighted by Gasteiger charge is -2.07. The van der Waals surface area contributed by atoms with Crippen molar-refractivity contribution in [2.45, 2.75) is 13.8 Å². The summed E-state index contributed by atoms with van der Waals surface area (Å²) < 4.78 is 4.77. The molecule has 0 fully saturated rings. The molecule has 0 unspecified atom stereocenters. The summed E-state index contributed by atoms with van der Waals surface area (Å²) >= 11 is 13.2. The van der Waals surface area contributed by atoms with Crippen molar-refractivity contribution in [3.8, 4) is 0 Å². The van der Waals surface area contributed by atoms with E-state index in [0.29, 0.717) is 15.6 Å². The van der Waals surface area contributed by atoms with E-state index < -0.39 is 11.9 Å². The van der Waals surface area contributed by atoms with Crippen molar-refractivity contribution in [3.05, 3.63) is 49.8 Å². The van der Waals surface area contributed by atoms with Crippen LogP contribution in [0.15, 0.2) is 18.2 Å². The fraction of sp³-hybridized carbons (Fsp3) is 0.200. The van der Waals surface area contributed by atoms with Gasteiger partial charge in [-0.3, -0.25) is 4.79 Å². The minimum absolute atomic E-state index is 0.245. The maximum absolute atomic E-state index is 12.3. The Bertz CT molecular complexity index is 755. The third-order valence-corrected chi connectivity index (χ3v) is 4.85. The first-order valence-corrected chi connectivity index (χ1v) is 7.87. The molecule has 0 aliphatic rings. The Kier molecular flexibility index (Phi) is 5.11. The van der Waals surface area contributed by atoms with Gasteiger partial charge < -0.3 is 10.1 Å². The van der Waals surface area contributed by atoms with Crippen LogP contribution in [0.1, 0.15) is 31.2 Å². The second-order valence-corrected chi connectivity index (χ2v) is 6.63. The molecule has 0 saturated carbocycles. The number of thiophene rings is 1. The predicted octanol–water partition coefficient (Wildman–Crippen LogP) is 4.71. The Labute approximate surface area is 142 Å². The lowest BCUT2D eigenvalue weighted by Crippen LogP contribution is -2.14. The smallest absolute Gasteiger partial charge is 0.341 e.